The molecule has 0 fully saturated rings. The van der Waals surface area contributed by atoms with E-state index in [1.807, 2.05) is 0 Å². The second kappa shape index (κ2) is 4.91. The summed E-state index contributed by atoms with van der Waals surface area (Å²) in [5.41, 5.74) is -0.106. The van der Waals surface area contributed by atoms with Gasteiger partial charge in [0, 0.05) is 13.1 Å². The third-order valence-corrected chi connectivity index (χ3v) is 3.49. The normalized spacial score (nSPS) is 10.6. The molecular formula is C9H8ClN5O2S. The zero-order valence-electron chi connectivity index (χ0n) is 9.49. The lowest BCUT2D eigenvalue weighted by Gasteiger charge is -2.02. The molecule has 2 heterocycles. The van der Waals surface area contributed by atoms with Gasteiger partial charge in [0.2, 0.25) is 0 Å². The molecular weight excluding hydrogens is 278 g/mol. The molecule has 0 unspecified atom stereocenters. The Morgan fingerprint density at radius 2 is 2.17 bits per heavy atom. The molecule has 0 radical (unpaired) electrons. The first kappa shape index (κ1) is 12.8. The molecule has 0 saturated carbocycles. The van der Waals surface area contributed by atoms with Crippen molar-refractivity contribution in [2.75, 3.05) is 0 Å². The summed E-state index contributed by atoms with van der Waals surface area (Å²) < 4.78 is 1.72. The Bertz CT molecular complexity index is 615. The number of nitrogens with zero attached hydrogens (tertiary/aromatic N) is 5. The van der Waals surface area contributed by atoms with Gasteiger partial charge in [-0.1, -0.05) is 11.6 Å². The molecule has 0 amide bonds. The van der Waals surface area contributed by atoms with Crippen molar-refractivity contribution in [2.45, 2.75) is 17.1 Å². The lowest BCUT2D eigenvalue weighted by molar-refractivity contribution is -0.388. The van der Waals surface area contributed by atoms with Crippen molar-refractivity contribution in [1.29, 1.82) is 0 Å². The minimum Gasteiger partial charge on any atom is -0.309 e. The van der Waals surface area contributed by atoms with Crippen molar-refractivity contribution < 1.29 is 4.92 Å². The van der Waals surface area contributed by atoms with Crippen molar-refractivity contribution in [1.82, 2.24) is 19.7 Å². The quantitative estimate of drug-likeness (QED) is 0.488. The monoisotopic (exact) mass is 285 g/mol. The highest BCUT2D eigenvalue weighted by atomic mass is 35.5. The first-order valence-electron chi connectivity index (χ1n) is 4.84. The summed E-state index contributed by atoms with van der Waals surface area (Å²) >= 11 is 6.80. The third kappa shape index (κ3) is 2.44. The molecule has 7 nitrogen and oxygen atoms in total. The van der Waals surface area contributed by atoms with Gasteiger partial charge >= 0.3 is 5.69 Å². The fourth-order valence-electron chi connectivity index (χ4n) is 1.19. The highest BCUT2D eigenvalue weighted by molar-refractivity contribution is 7.99. The molecule has 0 bridgehead atoms. The molecule has 0 N–H and O–H groups in total. The van der Waals surface area contributed by atoms with Crippen molar-refractivity contribution in [3.8, 4) is 0 Å². The Balaban J connectivity index is 2.42. The van der Waals surface area contributed by atoms with Crippen molar-refractivity contribution in [3.05, 3.63) is 33.2 Å². The number of pyridine rings is 1. The van der Waals surface area contributed by atoms with Crippen molar-refractivity contribution in [3.63, 3.8) is 0 Å². The van der Waals surface area contributed by atoms with E-state index in [0.717, 1.165) is 11.8 Å². The van der Waals surface area contributed by atoms with Crippen molar-refractivity contribution in [2.24, 2.45) is 7.05 Å². The number of nitro groups is 1. The van der Waals surface area contributed by atoms with E-state index in [0.29, 0.717) is 11.0 Å². The van der Waals surface area contributed by atoms with Gasteiger partial charge in [-0.05, 0) is 24.8 Å². The molecule has 2 aromatic heterocycles. The van der Waals surface area contributed by atoms with Crippen LogP contribution in [0.3, 0.4) is 0 Å². The Labute approximate surface area is 111 Å². The molecule has 0 aliphatic heterocycles. The van der Waals surface area contributed by atoms with Crippen LogP contribution in [-0.2, 0) is 7.05 Å². The average Bonchev–Trinajstić information content (AvgIpc) is 2.61. The van der Waals surface area contributed by atoms with Crippen LogP contribution in [0.25, 0.3) is 0 Å². The van der Waals surface area contributed by atoms with Gasteiger partial charge in [0.15, 0.2) is 10.2 Å². The Morgan fingerprint density at radius 1 is 1.44 bits per heavy atom. The van der Waals surface area contributed by atoms with E-state index in [2.05, 4.69) is 15.2 Å². The van der Waals surface area contributed by atoms with Crippen LogP contribution in [0.4, 0.5) is 5.69 Å². The van der Waals surface area contributed by atoms with E-state index in [1.54, 1.807) is 18.5 Å². The molecule has 94 valence electrons. The van der Waals surface area contributed by atoms with E-state index < -0.39 is 4.92 Å². The minimum absolute atomic E-state index is 0.106. The summed E-state index contributed by atoms with van der Waals surface area (Å²) in [5, 5.41) is 19.6. The van der Waals surface area contributed by atoms with Gasteiger partial charge in [-0.25, -0.2) is 4.98 Å². The number of aryl methyl sites for hydroxylation is 1. The highest BCUT2D eigenvalue weighted by Gasteiger charge is 2.19. The van der Waals surface area contributed by atoms with Gasteiger partial charge in [0.1, 0.15) is 11.0 Å². The largest absolute Gasteiger partial charge is 0.309 e. The SMILES string of the molecule is Cc1nnc(Sc2nc(Cl)ccc2[N+](=O)[O-])n1C. The zero-order valence-corrected chi connectivity index (χ0v) is 11.1. The number of rotatable bonds is 3. The molecule has 18 heavy (non-hydrogen) atoms. The predicted octanol–water partition coefficient (Wildman–Crippen LogP) is 2.23. The van der Waals surface area contributed by atoms with Crippen LogP contribution >= 0.6 is 23.4 Å². The molecule has 0 atom stereocenters. The van der Waals surface area contributed by atoms with E-state index in [9.17, 15) is 10.1 Å². The predicted molar refractivity (Wildman–Crippen MR) is 65.8 cm³/mol. The summed E-state index contributed by atoms with van der Waals surface area (Å²) in [6.45, 7) is 1.79. The molecule has 0 aromatic carbocycles. The van der Waals surface area contributed by atoms with E-state index >= 15 is 0 Å². The molecule has 2 aromatic rings. The lowest BCUT2D eigenvalue weighted by atomic mass is 10.4. The van der Waals surface area contributed by atoms with Gasteiger partial charge in [-0.2, -0.15) is 0 Å². The molecule has 0 aliphatic rings. The summed E-state index contributed by atoms with van der Waals surface area (Å²) in [6.07, 6.45) is 0. The Morgan fingerprint density at radius 3 is 2.72 bits per heavy atom. The molecule has 9 heteroatoms. The van der Waals surface area contributed by atoms with Gasteiger partial charge in [0.05, 0.1) is 4.92 Å². The molecule has 0 aliphatic carbocycles. The van der Waals surface area contributed by atoms with E-state index in [-0.39, 0.29) is 15.9 Å². The minimum atomic E-state index is -0.505. The number of hydrogen-bond acceptors (Lipinski definition) is 6. The Kier molecular flexibility index (Phi) is 3.48. The topological polar surface area (TPSA) is 86.7 Å². The van der Waals surface area contributed by atoms with Crippen LogP contribution in [-0.4, -0.2) is 24.7 Å². The average molecular weight is 286 g/mol. The molecule has 0 saturated heterocycles. The fraction of sp³-hybridized carbons (Fsp3) is 0.222. The smallest absolute Gasteiger partial charge is 0.301 e. The first-order chi connectivity index (χ1) is 8.49. The maximum atomic E-state index is 10.9. The van der Waals surface area contributed by atoms with Gasteiger partial charge < -0.3 is 4.57 Å². The number of aromatic nitrogens is 4. The van der Waals surface area contributed by atoms with Gasteiger partial charge in [-0.3, -0.25) is 10.1 Å². The molecule has 0 spiro atoms. The van der Waals surface area contributed by atoms with Crippen LogP contribution in [0.15, 0.2) is 22.3 Å². The summed E-state index contributed by atoms with van der Waals surface area (Å²) in [5.74, 6) is 0.710. The number of hydrogen-bond donors (Lipinski definition) is 0. The third-order valence-electron chi connectivity index (χ3n) is 2.24. The molecule has 2 rings (SSSR count). The summed E-state index contributed by atoms with van der Waals surface area (Å²) in [4.78, 5) is 14.3. The lowest BCUT2D eigenvalue weighted by Crippen LogP contribution is -1.97. The van der Waals surface area contributed by atoms with Crippen LogP contribution in [0.1, 0.15) is 5.82 Å². The first-order valence-corrected chi connectivity index (χ1v) is 6.03. The standard InChI is InChI=1S/C9H8ClN5O2S/c1-5-12-13-9(14(5)2)18-8-6(15(16)17)3-4-7(10)11-8/h3-4H,1-2H3. The number of halogens is 1. The fourth-order valence-corrected chi connectivity index (χ4v) is 2.30. The van der Waals surface area contributed by atoms with E-state index in [1.165, 1.54) is 12.1 Å². The van der Waals surface area contributed by atoms with Crippen LogP contribution in [0, 0.1) is 17.0 Å². The summed E-state index contributed by atoms with van der Waals surface area (Å²) in [7, 11) is 1.77. The van der Waals surface area contributed by atoms with Crippen molar-refractivity contribution >= 4 is 29.1 Å². The van der Waals surface area contributed by atoms with Gasteiger partial charge in [0.25, 0.3) is 0 Å². The highest BCUT2D eigenvalue weighted by Crippen LogP contribution is 2.32. The van der Waals surface area contributed by atoms with Crippen LogP contribution in [0.2, 0.25) is 5.15 Å². The van der Waals surface area contributed by atoms with Crippen LogP contribution in [0.5, 0.6) is 0 Å². The maximum absolute atomic E-state index is 10.9. The zero-order chi connectivity index (χ0) is 13.3. The Hall–Kier alpha value is -1.67. The second-order valence-electron chi connectivity index (χ2n) is 3.41. The second-order valence-corrected chi connectivity index (χ2v) is 4.75. The van der Waals surface area contributed by atoms with Crippen LogP contribution < -0.4 is 0 Å². The van der Waals surface area contributed by atoms with E-state index in [4.69, 9.17) is 11.6 Å². The summed E-state index contributed by atoms with van der Waals surface area (Å²) in [6, 6.07) is 2.70. The van der Waals surface area contributed by atoms with Gasteiger partial charge in [-0.15, -0.1) is 10.2 Å². The maximum Gasteiger partial charge on any atom is 0.301 e.